The molecule has 0 unspecified atom stereocenters. The third-order valence-corrected chi connectivity index (χ3v) is 8.46. The fourth-order valence-electron chi connectivity index (χ4n) is 4.87. The Morgan fingerprint density at radius 2 is 1.65 bits per heavy atom. The predicted octanol–water partition coefficient (Wildman–Crippen LogP) is 7.71. The molecule has 1 heterocycles. The molecule has 1 saturated carbocycles. The van der Waals surface area contributed by atoms with Gasteiger partial charge in [0.1, 0.15) is 19.0 Å². The van der Waals surface area contributed by atoms with E-state index in [9.17, 15) is 4.79 Å². The molecule has 1 aliphatic heterocycles. The second-order valence-electron chi connectivity index (χ2n) is 10.1. The van der Waals surface area contributed by atoms with Crippen LogP contribution in [0.3, 0.4) is 0 Å². The van der Waals surface area contributed by atoms with Gasteiger partial charge in [0, 0.05) is 24.7 Å². The van der Waals surface area contributed by atoms with Crippen LogP contribution in [0.2, 0.25) is 20.1 Å². The number of nitrogens with zero attached hydrogens (tertiary/aromatic N) is 1. The molecule has 0 bridgehead atoms. The predicted molar refractivity (Wildman–Crippen MR) is 172 cm³/mol. The van der Waals surface area contributed by atoms with Gasteiger partial charge < -0.3 is 24.8 Å². The maximum Gasteiger partial charge on any atom is 0.290 e. The normalized spacial score (nSPS) is 14.4. The zero-order valence-corrected chi connectivity index (χ0v) is 26.6. The lowest BCUT2D eigenvalue weighted by Gasteiger charge is -2.28. The first-order valence-electron chi connectivity index (χ1n) is 13.8. The summed E-state index contributed by atoms with van der Waals surface area (Å²) < 4.78 is 11.6. The quantitative estimate of drug-likeness (QED) is 0.170. The van der Waals surface area contributed by atoms with Crippen molar-refractivity contribution in [3.8, 4) is 11.5 Å². The summed E-state index contributed by atoms with van der Waals surface area (Å²) in [6.07, 6.45) is 2.76. The number of benzene rings is 3. The van der Waals surface area contributed by atoms with E-state index in [0.29, 0.717) is 57.9 Å². The molecular formula is C32H32Cl4N2O5. The molecule has 11 heteroatoms. The van der Waals surface area contributed by atoms with E-state index in [4.69, 9.17) is 65.8 Å². The molecule has 3 aromatic carbocycles. The fraction of sp³-hybridized carbons (Fsp3) is 0.312. The smallest absolute Gasteiger partial charge is 0.290 e. The van der Waals surface area contributed by atoms with Crippen molar-refractivity contribution >= 4 is 64.4 Å². The average Bonchev–Trinajstić information content (AvgIpc) is 3.83. The Labute approximate surface area is 271 Å². The minimum absolute atomic E-state index is 0.0478. The van der Waals surface area contributed by atoms with Gasteiger partial charge in [-0.1, -0.05) is 70.7 Å². The average molecular weight is 666 g/mol. The van der Waals surface area contributed by atoms with Crippen LogP contribution in [0.1, 0.15) is 36.0 Å². The molecule has 3 aromatic rings. The van der Waals surface area contributed by atoms with E-state index in [-0.39, 0.29) is 18.4 Å². The standard InChI is InChI=1S/C31H30Cl4N2O3.CH2O2/c1-19-15-27(33)30(28(34)16-19)40-14-13-39-23-9-5-20(6-10-23)24-11-12-36-17-25(24)31(38)37(22-7-8-22)18-21-3-2-4-26(32)29(21)35;2-1-3/h2-6,9-10,15-16,22,36H,7-8,11-14,17-18H2,1H3;1H,(H,2,3). The van der Waals surface area contributed by atoms with Gasteiger partial charge in [0.2, 0.25) is 0 Å². The molecule has 1 amide bonds. The number of nitrogens with one attached hydrogen (secondary N) is 1. The minimum Gasteiger partial charge on any atom is -0.490 e. The van der Waals surface area contributed by atoms with Crippen molar-refractivity contribution in [2.45, 2.75) is 38.8 Å². The van der Waals surface area contributed by atoms with Crippen LogP contribution in [-0.2, 0) is 16.1 Å². The van der Waals surface area contributed by atoms with Gasteiger partial charge in [0.05, 0.1) is 20.1 Å². The summed E-state index contributed by atoms with van der Waals surface area (Å²) in [6.45, 7) is 4.09. The Morgan fingerprint density at radius 3 is 2.30 bits per heavy atom. The number of amides is 1. The maximum atomic E-state index is 13.9. The van der Waals surface area contributed by atoms with Crippen molar-refractivity contribution < 1.29 is 24.2 Å². The Morgan fingerprint density at radius 1 is 1.00 bits per heavy atom. The second kappa shape index (κ2) is 15.7. The van der Waals surface area contributed by atoms with Crippen LogP contribution in [-0.4, -0.2) is 54.7 Å². The molecule has 2 N–H and O–H groups in total. The van der Waals surface area contributed by atoms with E-state index in [1.807, 2.05) is 60.4 Å². The first-order chi connectivity index (χ1) is 20.7. The highest BCUT2D eigenvalue weighted by atomic mass is 35.5. The number of carbonyl (C=O) groups excluding carboxylic acids is 1. The molecule has 1 fully saturated rings. The number of halogens is 4. The molecule has 43 heavy (non-hydrogen) atoms. The van der Waals surface area contributed by atoms with Crippen molar-refractivity contribution in [1.82, 2.24) is 10.2 Å². The topological polar surface area (TPSA) is 88.1 Å². The lowest BCUT2D eigenvalue weighted by atomic mass is 9.93. The van der Waals surface area contributed by atoms with Crippen LogP contribution in [0, 0.1) is 6.92 Å². The largest absolute Gasteiger partial charge is 0.490 e. The third kappa shape index (κ3) is 8.80. The molecule has 7 nitrogen and oxygen atoms in total. The summed E-state index contributed by atoms with van der Waals surface area (Å²) in [5.74, 6) is 1.22. The molecular weight excluding hydrogens is 634 g/mol. The van der Waals surface area contributed by atoms with Gasteiger partial charge in [-0.3, -0.25) is 9.59 Å². The SMILES string of the molecule is Cc1cc(Cl)c(OCCOc2ccc(C3=C(C(=O)N(Cc4cccc(Cl)c4Cl)C4CC4)CNCC3)cc2)c(Cl)c1.O=CO. The fourth-order valence-corrected chi connectivity index (χ4v) is 5.95. The van der Waals surface area contributed by atoms with Gasteiger partial charge in [0.15, 0.2) is 5.75 Å². The number of carbonyl (C=O) groups is 2. The van der Waals surface area contributed by atoms with E-state index in [0.717, 1.165) is 53.6 Å². The molecule has 1 aliphatic carbocycles. The van der Waals surface area contributed by atoms with Gasteiger partial charge in [-0.25, -0.2) is 0 Å². The number of ether oxygens (including phenoxy) is 2. The van der Waals surface area contributed by atoms with Gasteiger partial charge in [-0.15, -0.1) is 0 Å². The highest BCUT2D eigenvalue weighted by Gasteiger charge is 2.35. The van der Waals surface area contributed by atoms with Crippen molar-refractivity contribution in [2.75, 3.05) is 26.3 Å². The van der Waals surface area contributed by atoms with E-state index < -0.39 is 0 Å². The van der Waals surface area contributed by atoms with Crippen molar-refractivity contribution in [2.24, 2.45) is 0 Å². The van der Waals surface area contributed by atoms with E-state index >= 15 is 0 Å². The summed E-state index contributed by atoms with van der Waals surface area (Å²) >= 11 is 25.2. The van der Waals surface area contributed by atoms with Gasteiger partial charge in [0.25, 0.3) is 12.4 Å². The number of hydrogen-bond donors (Lipinski definition) is 2. The van der Waals surface area contributed by atoms with Crippen LogP contribution in [0.4, 0.5) is 0 Å². The Bertz CT molecular complexity index is 1450. The van der Waals surface area contributed by atoms with Crippen LogP contribution in [0.25, 0.3) is 5.57 Å². The molecule has 0 spiro atoms. The van der Waals surface area contributed by atoms with Crippen molar-refractivity contribution in [3.05, 3.63) is 97.0 Å². The Kier molecular flexibility index (Phi) is 12.0. The second-order valence-corrected chi connectivity index (χ2v) is 11.7. The Balaban J connectivity index is 0.00000135. The van der Waals surface area contributed by atoms with Crippen LogP contribution in [0.5, 0.6) is 11.5 Å². The molecule has 0 aromatic heterocycles. The number of carboxylic acid groups (broad SMARTS) is 1. The van der Waals surface area contributed by atoms with E-state index in [1.165, 1.54) is 0 Å². The highest BCUT2D eigenvalue weighted by molar-refractivity contribution is 6.42. The summed E-state index contributed by atoms with van der Waals surface area (Å²) in [6, 6.07) is 17.3. The monoisotopic (exact) mass is 664 g/mol. The van der Waals surface area contributed by atoms with Gasteiger partial charge >= 0.3 is 0 Å². The zero-order valence-electron chi connectivity index (χ0n) is 23.5. The minimum atomic E-state index is -0.250. The van der Waals surface area contributed by atoms with Crippen molar-refractivity contribution in [3.63, 3.8) is 0 Å². The maximum absolute atomic E-state index is 13.9. The molecule has 228 valence electrons. The summed E-state index contributed by atoms with van der Waals surface area (Å²) in [7, 11) is 0. The van der Waals surface area contributed by atoms with Crippen LogP contribution < -0.4 is 14.8 Å². The number of aryl methyl sites for hydroxylation is 1. The molecule has 0 radical (unpaired) electrons. The molecule has 2 aliphatic rings. The van der Waals surface area contributed by atoms with Crippen LogP contribution >= 0.6 is 46.4 Å². The lowest BCUT2D eigenvalue weighted by Crippen LogP contribution is -2.39. The van der Waals surface area contributed by atoms with Crippen LogP contribution in [0.15, 0.2) is 60.2 Å². The molecule has 0 atom stereocenters. The number of hydrogen-bond acceptors (Lipinski definition) is 5. The van der Waals surface area contributed by atoms with E-state index in [1.54, 1.807) is 6.07 Å². The lowest BCUT2D eigenvalue weighted by molar-refractivity contribution is -0.128. The van der Waals surface area contributed by atoms with Gasteiger partial charge in [-0.2, -0.15) is 0 Å². The summed E-state index contributed by atoms with van der Waals surface area (Å²) in [5.41, 5.74) is 4.70. The van der Waals surface area contributed by atoms with E-state index in [2.05, 4.69) is 5.32 Å². The zero-order chi connectivity index (χ0) is 30.9. The van der Waals surface area contributed by atoms with Gasteiger partial charge in [-0.05, 0) is 85.3 Å². The highest BCUT2D eigenvalue weighted by Crippen LogP contribution is 2.36. The van der Waals surface area contributed by atoms with Crippen molar-refractivity contribution in [1.29, 1.82) is 0 Å². The first kappa shape index (κ1) is 33.0. The number of rotatable bonds is 10. The first-order valence-corrected chi connectivity index (χ1v) is 15.3. The molecule has 0 saturated heterocycles. The summed E-state index contributed by atoms with van der Waals surface area (Å²) in [4.78, 5) is 24.2. The molecule has 5 rings (SSSR count). The summed E-state index contributed by atoms with van der Waals surface area (Å²) in [5, 5.41) is 12.2. The Hall–Kier alpha value is -2.94. The third-order valence-electron chi connectivity index (χ3n) is 7.04.